The largest absolute Gasteiger partial charge is 0.361 e. The first-order chi connectivity index (χ1) is 10.1. The van der Waals surface area contributed by atoms with E-state index in [2.05, 4.69) is 20.8 Å². The van der Waals surface area contributed by atoms with E-state index in [1.807, 2.05) is 13.8 Å². The summed E-state index contributed by atoms with van der Waals surface area (Å²) in [6.45, 7) is 5.38. The van der Waals surface area contributed by atoms with Crippen molar-refractivity contribution < 1.29 is 9.32 Å². The van der Waals surface area contributed by atoms with Crippen LogP contribution in [0, 0.1) is 13.8 Å². The highest BCUT2D eigenvalue weighted by molar-refractivity contribution is 5.91. The van der Waals surface area contributed by atoms with Crippen LogP contribution in [-0.4, -0.2) is 39.1 Å². The summed E-state index contributed by atoms with van der Waals surface area (Å²) in [6.07, 6.45) is 3.23. The SMILES string of the molecule is Cc1noc(C)c1CCCNC(=O)c1cn(CCN)nn1. The van der Waals surface area contributed by atoms with Crippen molar-refractivity contribution in [3.8, 4) is 0 Å². The molecule has 0 bridgehead atoms. The molecule has 0 aliphatic heterocycles. The number of rotatable bonds is 7. The predicted molar refractivity (Wildman–Crippen MR) is 75.7 cm³/mol. The van der Waals surface area contributed by atoms with E-state index >= 15 is 0 Å². The number of nitrogens with zero attached hydrogens (tertiary/aromatic N) is 4. The monoisotopic (exact) mass is 292 g/mol. The first-order valence-corrected chi connectivity index (χ1v) is 6.92. The second-order valence-electron chi connectivity index (χ2n) is 4.82. The van der Waals surface area contributed by atoms with Crippen LogP contribution in [0.2, 0.25) is 0 Å². The fraction of sp³-hybridized carbons (Fsp3) is 0.538. The molecule has 1 amide bonds. The van der Waals surface area contributed by atoms with E-state index in [-0.39, 0.29) is 5.91 Å². The Morgan fingerprint density at radius 3 is 2.95 bits per heavy atom. The van der Waals surface area contributed by atoms with E-state index in [4.69, 9.17) is 10.3 Å². The number of hydrogen-bond donors (Lipinski definition) is 2. The molecule has 0 atom stereocenters. The topological polar surface area (TPSA) is 112 Å². The molecule has 0 unspecified atom stereocenters. The van der Waals surface area contributed by atoms with Crippen molar-refractivity contribution in [1.29, 1.82) is 0 Å². The van der Waals surface area contributed by atoms with Crippen molar-refractivity contribution in [1.82, 2.24) is 25.5 Å². The molecule has 8 nitrogen and oxygen atoms in total. The predicted octanol–water partition coefficient (Wildman–Crippen LogP) is 0.204. The highest BCUT2D eigenvalue weighted by Gasteiger charge is 2.11. The maximum absolute atomic E-state index is 11.9. The van der Waals surface area contributed by atoms with E-state index in [0.29, 0.717) is 25.3 Å². The van der Waals surface area contributed by atoms with Gasteiger partial charge in [-0.2, -0.15) is 0 Å². The molecule has 2 heterocycles. The molecule has 0 radical (unpaired) electrons. The molecule has 8 heteroatoms. The average molecular weight is 292 g/mol. The van der Waals surface area contributed by atoms with Crippen LogP contribution in [0.4, 0.5) is 0 Å². The van der Waals surface area contributed by atoms with Crippen molar-refractivity contribution in [2.24, 2.45) is 5.73 Å². The van der Waals surface area contributed by atoms with Crippen molar-refractivity contribution >= 4 is 5.91 Å². The van der Waals surface area contributed by atoms with Gasteiger partial charge in [-0.25, -0.2) is 0 Å². The molecule has 2 aromatic rings. The van der Waals surface area contributed by atoms with Crippen molar-refractivity contribution in [2.75, 3.05) is 13.1 Å². The van der Waals surface area contributed by atoms with Gasteiger partial charge >= 0.3 is 0 Å². The summed E-state index contributed by atoms with van der Waals surface area (Å²) in [5.41, 5.74) is 7.73. The van der Waals surface area contributed by atoms with Crippen LogP contribution in [0.15, 0.2) is 10.7 Å². The summed E-state index contributed by atoms with van der Waals surface area (Å²) >= 11 is 0. The Hall–Kier alpha value is -2.22. The third-order valence-electron chi connectivity index (χ3n) is 3.20. The molecule has 0 saturated heterocycles. The Kier molecular flexibility index (Phi) is 5.04. The maximum Gasteiger partial charge on any atom is 0.273 e. The number of carbonyl (C=O) groups excluding carboxylic acids is 1. The molecule has 0 aromatic carbocycles. The standard InChI is InChI=1S/C13H20N6O2/c1-9-11(10(2)21-17-9)4-3-6-15-13(20)12-8-19(7-5-14)18-16-12/h8H,3-7,14H2,1-2H3,(H,15,20). The Bertz CT molecular complexity index is 584. The number of aryl methyl sites for hydroxylation is 2. The van der Waals surface area contributed by atoms with Gasteiger partial charge in [0.05, 0.1) is 18.4 Å². The zero-order valence-electron chi connectivity index (χ0n) is 12.3. The van der Waals surface area contributed by atoms with Crippen LogP contribution >= 0.6 is 0 Å². The van der Waals surface area contributed by atoms with E-state index in [1.54, 1.807) is 10.9 Å². The van der Waals surface area contributed by atoms with Gasteiger partial charge in [0.15, 0.2) is 5.69 Å². The van der Waals surface area contributed by atoms with Gasteiger partial charge in [0, 0.05) is 18.7 Å². The van der Waals surface area contributed by atoms with E-state index in [9.17, 15) is 4.79 Å². The lowest BCUT2D eigenvalue weighted by Gasteiger charge is -2.02. The summed E-state index contributed by atoms with van der Waals surface area (Å²) in [7, 11) is 0. The fourth-order valence-electron chi connectivity index (χ4n) is 2.06. The van der Waals surface area contributed by atoms with Crippen LogP contribution in [0.1, 0.15) is 33.9 Å². The van der Waals surface area contributed by atoms with Gasteiger partial charge in [0.25, 0.3) is 5.91 Å². The summed E-state index contributed by atoms with van der Waals surface area (Å²) in [5, 5.41) is 14.4. The molecule has 21 heavy (non-hydrogen) atoms. The smallest absolute Gasteiger partial charge is 0.273 e. The van der Waals surface area contributed by atoms with Gasteiger partial charge < -0.3 is 15.6 Å². The van der Waals surface area contributed by atoms with Gasteiger partial charge in [0.1, 0.15) is 5.76 Å². The van der Waals surface area contributed by atoms with E-state index < -0.39 is 0 Å². The molecule has 2 rings (SSSR count). The second-order valence-corrected chi connectivity index (χ2v) is 4.82. The van der Waals surface area contributed by atoms with Gasteiger partial charge in [-0.15, -0.1) is 5.10 Å². The number of carbonyl (C=O) groups is 1. The minimum Gasteiger partial charge on any atom is -0.361 e. The van der Waals surface area contributed by atoms with Crippen LogP contribution in [0.25, 0.3) is 0 Å². The third kappa shape index (κ3) is 3.88. The molecule has 0 aliphatic rings. The molecular formula is C13H20N6O2. The molecule has 114 valence electrons. The molecule has 0 saturated carbocycles. The van der Waals surface area contributed by atoms with Gasteiger partial charge in [0.2, 0.25) is 0 Å². The van der Waals surface area contributed by atoms with Gasteiger partial charge in [-0.05, 0) is 26.7 Å². The second kappa shape index (κ2) is 6.98. The number of nitrogens with one attached hydrogen (secondary N) is 1. The lowest BCUT2D eigenvalue weighted by molar-refractivity contribution is 0.0948. The Balaban J connectivity index is 1.76. The summed E-state index contributed by atoms with van der Waals surface area (Å²) in [6, 6.07) is 0. The summed E-state index contributed by atoms with van der Waals surface area (Å²) < 4.78 is 6.65. The lowest BCUT2D eigenvalue weighted by atomic mass is 10.1. The van der Waals surface area contributed by atoms with Gasteiger partial charge in [-0.1, -0.05) is 10.4 Å². The van der Waals surface area contributed by atoms with Crippen LogP contribution < -0.4 is 11.1 Å². The minimum atomic E-state index is -0.225. The summed E-state index contributed by atoms with van der Waals surface area (Å²) in [4.78, 5) is 11.9. The van der Waals surface area contributed by atoms with Crippen LogP contribution in [0.5, 0.6) is 0 Å². The Labute approximate surface area is 122 Å². The number of hydrogen-bond acceptors (Lipinski definition) is 6. The fourth-order valence-corrected chi connectivity index (χ4v) is 2.06. The van der Waals surface area contributed by atoms with Crippen molar-refractivity contribution in [3.05, 3.63) is 28.9 Å². The van der Waals surface area contributed by atoms with Crippen LogP contribution in [-0.2, 0) is 13.0 Å². The average Bonchev–Trinajstić information content (AvgIpc) is 3.04. The normalized spacial score (nSPS) is 10.8. The number of aromatic nitrogens is 4. The van der Waals surface area contributed by atoms with Crippen molar-refractivity contribution in [3.63, 3.8) is 0 Å². The molecule has 0 aliphatic carbocycles. The Morgan fingerprint density at radius 1 is 1.48 bits per heavy atom. The Morgan fingerprint density at radius 2 is 2.29 bits per heavy atom. The van der Waals surface area contributed by atoms with Crippen molar-refractivity contribution in [2.45, 2.75) is 33.2 Å². The zero-order valence-corrected chi connectivity index (χ0v) is 12.3. The highest BCUT2D eigenvalue weighted by Crippen LogP contribution is 2.13. The molecule has 2 aromatic heterocycles. The first kappa shape index (κ1) is 15.2. The minimum absolute atomic E-state index is 0.225. The van der Waals surface area contributed by atoms with Crippen LogP contribution in [0.3, 0.4) is 0 Å². The first-order valence-electron chi connectivity index (χ1n) is 6.92. The zero-order chi connectivity index (χ0) is 15.2. The highest BCUT2D eigenvalue weighted by atomic mass is 16.5. The number of nitrogens with two attached hydrogens (primary N) is 1. The van der Waals surface area contributed by atoms with E-state index in [1.165, 1.54) is 0 Å². The quantitative estimate of drug-likeness (QED) is 0.705. The number of amides is 1. The summed E-state index contributed by atoms with van der Waals surface area (Å²) in [5.74, 6) is 0.612. The van der Waals surface area contributed by atoms with Gasteiger partial charge in [-0.3, -0.25) is 9.48 Å². The third-order valence-corrected chi connectivity index (χ3v) is 3.20. The maximum atomic E-state index is 11.9. The molecule has 0 spiro atoms. The molecule has 3 N–H and O–H groups in total. The lowest BCUT2D eigenvalue weighted by Crippen LogP contribution is -2.25. The molecular weight excluding hydrogens is 272 g/mol. The molecule has 0 fully saturated rings. The van der Waals surface area contributed by atoms with E-state index in [0.717, 1.165) is 29.9 Å².